The number of nitro benzene ring substituents is 1. The van der Waals surface area contributed by atoms with Crippen molar-refractivity contribution in [3.8, 4) is 0 Å². The molecule has 2 saturated carbocycles. The lowest BCUT2D eigenvalue weighted by Crippen LogP contribution is -2.26. The van der Waals surface area contributed by atoms with Gasteiger partial charge < -0.3 is 5.32 Å². The fourth-order valence-electron chi connectivity index (χ4n) is 3.56. The van der Waals surface area contributed by atoms with E-state index in [4.69, 9.17) is 0 Å². The molecule has 0 radical (unpaired) electrons. The zero-order valence-electron chi connectivity index (χ0n) is 10.9. The van der Waals surface area contributed by atoms with E-state index in [2.05, 4.69) is 5.32 Å². The Balaban J connectivity index is 1.87. The van der Waals surface area contributed by atoms with Crippen LogP contribution in [0.25, 0.3) is 0 Å². The molecule has 0 spiro atoms. The number of nitrogens with zero attached hydrogens (tertiary/aromatic N) is 1. The van der Waals surface area contributed by atoms with Crippen molar-refractivity contribution >= 4 is 11.4 Å². The second-order valence-electron chi connectivity index (χ2n) is 5.80. The monoisotopic (exact) mass is 264 g/mol. The lowest BCUT2D eigenvalue weighted by atomic mass is 9.95. The van der Waals surface area contributed by atoms with Crippen LogP contribution in [0.5, 0.6) is 0 Å². The number of halogens is 1. The molecule has 3 unspecified atom stereocenters. The zero-order chi connectivity index (χ0) is 13.6. The minimum absolute atomic E-state index is 0.161. The van der Waals surface area contributed by atoms with Crippen LogP contribution >= 0.6 is 0 Å². The van der Waals surface area contributed by atoms with Gasteiger partial charge in [-0.05, 0) is 49.7 Å². The molecule has 0 aromatic heterocycles. The van der Waals surface area contributed by atoms with Crippen LogP contribution in [-0.4, -0.2) is 11.0 Å². The topological polar surface area (TPSA) is 55.2 Å². The number of nitrogens with one attached hydrogen (secondary N) is 1. The lowest BCUT2D eigenvalue weighted by Gasteiger charge is -2.24. The average Bonchev–Trinajstić information content (AvgIpc) is 2.95. The van der Waals surface area contributed by atoms with Crippen LogP contribution in [0.15, 0.2) is 12.1 Å². The van der Waals surface area contributed by atoms with Crippen molar-refractivity contribution in [3.63, 3.8) is 0 Å². The van der Waals surface area contributed by atoms with Crippen molar-refractivity contribution in [1.29, 1.82) is 0 Å². The molecule has 5 heteroatoms. The van der Waals surface area contributed by atoms with Crippen molar-refractivity contribution in [2.75, 3.05) is 5.32 Å². The zero-order valence-corrected chi connectivity index (χ0v) is 10.9. The van der Waals surface area contributed by atoms with E-state index in [-0.39, 0.29) is 5.69 Å². The normalized spacial score (nSPS) is 28.6. The fraction of sp³-hybridized carbons (Fsp3) is 0.571. The number of hydrogen-bond donors (Lipinski definition) is 1. The van der Waals surface area contributed by atoms with E-state index in [0.717, 1.165) is 18.4 Å². The number of anilines is 1. The molecule has 2 fully saturated rings. The Morgan fingerprint density at radius 3 is 2.74 bits per heavy atom. The highest BCUT2D eigenvalue weighted by Gasteiger charge is 2.40. The third kappa shape index (κ3) is 2.17. The molecular weight excluding hydrogens is 247 g/mol. The van der Waals surface area contributed by atoms with Gasteiger partial charge in [0.15, 0.2) is 0 Å². The predicted octanol–water partition coefficient (Wildman–Crippen LogP) is 3.64. The molecule has 0 amide bonds. The summed E-state index contributed by atoms with van der Waals surface area (Å²) in [5.41, 5.74) is 0.739. The molecule has 2 aliphatic carbocycles. The first kappa shape index (κ1) is 12.4. The molecule has 3 atom stereocenters. The molecule has 0 heterocycles. The maximum atomic E-state index is 13.5. The van der Waals surface area contributed by atoms with Gasteiger partial charge >= 0.3 is 0 Å². The van der Waals surface area contributed by atoms with E-state index in [1.54, 1.807) is 13.0 Å². The van der Waals surface area contributed by atoms with Crippen molar-refractivity contribution in [2.24, 2.45) is 11.8 Å². The summed E-state index contributed by atoms with van der Waals surface area (Å²) in [4.78, 5) is 10.5. The van der Waals surface area contributed by atoms with Crippen LogP contribution in [0.4, 0.5) is 15.8 Å². The first-order valence-electron chi connectivity index (χ1n) is 6.75. The van der Waals surface area contributed by atoms with Gasteiger partial charge in [-0.3, -0.25) is 10.1 Å². The van der Waals surface area contributed by atoms with Gasteiger partial charge in [-0.2, -0.15) is 0 Å². The van der Waals surface area contributed by atoms with Crippen molar-refractivity contribution in [2.45, 2.75) is 38.6 Å². The van der Waals surface area contributed by atoms with E-state index < -0.39 is 10.7 Å². The van der Waals surface area contributed by atoms with E-state index in [9.17, 15) is 14.5 Å². The fourth-order valence-corrected chi connectivity index (χ4v) is 3.56. The SMILES string of the molecule is Cc1cc(NC2CC3CCC2C3)c([N+](=O)[O-])cc1F. The predicted molar refractivity (Wildman–Crippen MR) is 70.7 cm³/mol. The second-order valence-corrected chi connectivity index (χ2v) is 5.80. The smallest absolute Gasteiger partial charge is 0.295 e. The number of nitro groups is 1. The summed E-state index contributed by atoms with van der Waals surface area (Å²) >= 11 is 0. The summed E-state index contributed by atoms with van der Waals surface area (Å²) in [5.74, 6) is 0.864. The van der Waals surface area contributed by atoms with Gasteiger partial charge in [0.05, 0.1) is 11.0 Å². The number of hydrogen-bond acceptors (Lipinski definition) is 3. The minimum Gasteiger partial charge on any atom is -0.376 e. The van der Waals surface area contributed by atoms with Gasteiger partial charge in [0.2, 0.25) is 0 Å². The number of fused-ring (bicyclic) bond motifs is 2. The molecule has 3 rings (SSSR count). The summed E-state index contributed by atoms with van der Waals surface area (Å²) in [7, 11) is 0. The molecule has 1 aromatic rings. The van der Waals surface area contributed by atoms with Crippen LogP contribution in [0.2, 0.25) is 0 Å². The Hall–Kier alpha value is -1.65. The first-order chi connectivity index (χ1) is 9.04. The minimum atomic E-state index is -0.523. The second kappa shape index (κ2) is 4.47. The van der Waals surface area contributed by atoms with Gasteiger partial charge in [-0.15, -0.1) is 0 Å². The highest BCUT2D eigenvalue weighted by Crippen LogP contribution is 2.46. The molecule has 0 aliphatic heterocycles. The van der Waals surface area contributed by atoms with Crippen molar-refractivity contribution in [1.82, 2.24) is 0 Å². The van der Waals surface area contributed by atoms with Gasteiger partial charge in [-0.1, -0.05) is 6.42 Å². The molecule has 4 nitrogen and oxygen atoms in total. The number of benzene rings is 1. The molecule has 19 heavy (non-hydrogen) atoms. The van der Waals surface area contributed by atoms with Crippen molar-refractivity contribution < 1.29 is 9.31 Å². The Bertz CT molecular complexity index is 532. The Morgan fingerprint density at radius 1 is 1.37 bits per heavy atom. The van der Waals surface area contributed by atoms with Crippen LogP contribution in [-0.2, 0) is 0 Å². The van der Waals surface area contributed by atoms with Crippen LogP contribution in [0.1, 0.15) is 31.2 Å². The molecule has 2 aliphatic rings. The van der Waals surface area contributed by atoms with Gasteiger partial charge in [-0.25, -0.2) is 4.39 Å². The van der Waals surface area contributed by atoms with Crippen molar-refractivity contribution in [3.05, 3.63) is 33.6 Å². The molecule has 1 N–H and O–H groups in total. The van der Waals surface area contributed by atoms with E-state index >= 15 is 0 Å². The lowest BCUT2D eigenvalue weighted by molar-refractivity contribution is -0.384. The summed E-state index contributed by atoms with van der Waals surface area (Å²) in [6, 6.07) is 2.88. The first-order valence-corrected chi connectivity index (χ1v) is 6.75. The van der Waals surface area contributed by atoms with Gasteiger partial charge in [0.25, 0.3) is 5.69 Å². The highest BCUT2D eigenvalue weighted by atomic mass is 19.1. The standard InChI is InChI=1S/C14H17FN2O2/c1-8-4-13(14(17(18)19)7-11(8)15)16-12-6-9-2-3-10(12)5-9/h4,7,9-10,12,16H,2-3,5-6H2,1H3. The maximum absolute atomic E-state index is 13.5. The Labute approximate surface area is 111 Å². The third-order valence-corrected chi connectivity index (χ3v) is 4.55. The van der Waals surface area contributed by atoms with E-state index in [0.29, 0.717) is 23.2 Å². The van der Waals surface area contributed by atoms with E-state index in [1.165, 1.54) is 19.3 Å². The average molecular weight is 264 g/mol. The molecule has 102 valence electrons. The summed E-state index contributed by atoms with van der Waals surface area (Å²) in [5, 5.41) is 14.3. The van der Waals surface area contributed by atoms with Crippen LogP contribution < -0.4 is 5.32 Å². The highest BCUT2D eigenvalue weighted by molar-refractivity contribution is 5.63. The summed E-state index contributed by atoms with van der Waals surface area (Å²) in [6.45, 7) is 1.63. The summed E-state index contributed by atoms with van der Waals surface area (Å²) < 4.78 is 13.5. The van der Waals surface area contributed by atoms with Gasteiger partial charge in [0, 0.05) is 6.04 Å². The molecular formula is C14H17FN2O2. The van der Waals surface area contributed by atoms with Gasteiger partial charge in [0.1, 0.15) is 11.5 Å². The largest absolute Gasteiger partial charge is 0.376 e. The Kier molecular flexibility index (Phi) is 2.92. The molecule has 1 aromatic carbocycles. The Morgan fingerprint density at radius 2 is 2.16 bits per heavy atom. The molecule has 0 saturated heterocycles. The quantitative estimate of drug-likeness (QED) is 0.669. The third-order valence-electron chi connectivity index (χ3n) is 4.55. The number of rotatable bonds is 3. The maximum Gasteiger partial charge on any atom is 0.295 e. The van der Waals surface area contributed by atoms with Crippen LogP contribution in [0.3, 0.4) is 0 Å². The molecule has 2 bridgehead atoms. The van der Waals surface area contributed by atoms with Crippen LogP contribution in [0, 0.1) is 34.7 Å². The summed E-state index contributed by atoms with van der Waals surface area (Å²) in [6.07, 6.45) is 4.80. The number of aryl methyl sites for hydroxylation is 1. The van der Waals surface area contributed by atoms with E-state index in [1.807, 2.05) is 0 Å².